The summed E-state index contributed by atoms with van der Waals surface area (Å²) in [6.07, 6.45) is 4.90. The number of sulfonamides is 1. The standard InChI is InChI=1S/C13H24N4O2S/c1-5-13(6-2,7-3)17-20(18,19)11-9-15-12(14-8-4)16-10-11/h9-10,17H,5-8H2,1-4H3,(H,14,15,16). The van der Waals surface area contributed by atoms with Gasteiger partial charge in [0.25, 0.3) is 0 Å². The van der Waals surface area contributed by atoms with Gasteiger partial charge in [-0.25, -0.2) is 23.1 Å². The molecule has 1 aromatic rings. The third-order valence-electron chi connectivity index (χ3n) is 3.65. The summed E-state index contributed by atoms with van der Waals surface area (Å²) >= 11 is 0. The first-order valence-corrected chi connectivity index (χ1v) is 8.51. The lowest BCUT2D eigenvalue weighted by Crippen LogP contribution is -2.47. The van der Waals surface area contributed by atoms with E-state index in [0.717, 1.165) is 19.3 Å². The molecule has 0 unspecified atom stereocenters. The number of aromatic nitrogens is 2. The molecule has 0 amide bonds. The van der Waals surface area contributed by atoms with E-state index >= 15 is 0 Å². The highest BCUT2D eigenvalue weighted by Crippen LogP contribution is 2.22. The van der Waals surface area contributed by atoms with Crippen LogP contribution in [0.3, 0.4) is 0 Å². The predicted octanol–water partition coefficient (Wildman–Crippen LogP) is 2.16. The van der Waals surface area contributed by atoms with Crippen molar-refractivity contribution in [2.75, 3.05) is 11.9 Å². The first-order valence-electron chi connectivity index (χ1n) is 7.03. The van der Waals surface area contributed by atoms with Gasteiger partial charge in [0.1, 0.15) is 4.90 Å². The minimum absolute atomic E-state index is 0.0962. The molecule has 0 aliphatic carbocycles. The number of rotatable bonds is 8. The van der Waals surface area contributed by atoms with Crippen molar-refractivity contribution < 1.29 is 8.42 Å². The highest BCUT2D eigenvalue weighted by atomic mass is 32.2. The molecule has 114 valence electrons. The maximum Gasteiger partial charge on any atom is 0.244 e. The summed E-state index contributed by atoms with van der Waals surface area (Å²) < 4.78 is 27.6. The van der Waals surface area contributed by atoms with Crippen molar-refractivity contribution in [1.29, 1.82) is 0 Å². The van der Waals surface area contributed by atoms with E-state index in [2.05, 4.69) is 20.0 Å². The van der Waals surface area contributed by atoms with Gasteiger partial charge in [-0.3, -0.25) is 0 Å². The molecular weight excluding hydrogens is 276 g/mol. The molecule has 0 atom stereocenters. The monoisotopic (exact) mass is 300 g/mol. The van der Waals surface area contributed by atoms with Crippen LogP contribution in [0.1, 0.15) is 47.0 Å². The van der Waals surface area contributed by atoms with Crippen molar-refractivity contribution in [3.63, 3.8) is 0 Å². The first kappa shape index (κ1) is 16.8. The van der Waals surface area contributed by atoms with Crippen molar-refractivity contribution in [2.45, 2.75) is 57.4 Å². The molecule has 1 aromatic heterocycles. The van der Waals surface area contributed by atoms with Crippen molar-refractivity contribution in [3.8, 4) is 0 Å². The van der Waals surface area contributed by atoms with Gasteiger partial charge in [0.2, 0.25) is 16.0 Å². The lowest BCUT2D eigenvalue weighted by molar-refractivity contribution is 0.341. The molecule has 0 aliphatic rings. The normalized spacial score (nSPS) is 12.4. The van der Waals surface area contributed by atoms with Gasteiger partial charge in [0.15, 0.2) is 0 Å². The summed E-state index contributed by atoms with van der Waals surface area (Å²) in [4.78, 5) is 8.10. The first-order chi connectivity index (χ1) is 9.43. The average Bonchev–Trinajstić information content (AvgIpc) is 2.46. The largest absolute Gasteiger partial charge is 0.355 e. The molecule has 0 aromatic carbocycles. The van der Waals surface area contributed by atoms with E-state index in [4.69, 9.17) is 0 Å². The molecule has 0 saturated heterocycles. The Hall–Kier alpha value is -1.21. The highest BCUT2D eigenvalue weighted by molar-refractivity contribution is 7.89. The van der Waals surface area contributed by atoms with Crippen LogP contribution in [-0.2, 0) is 10.0 Å². The van der Waals surface area contributed by atoms with Crippen molar-refractivity contribution in [2.24, 2.45) is 0 Å². The van der Waals surface area contributed by atoms with Crippen LogP contribution in [0, 0.1) is 0 Å². The molecule has 0 radical (unpaired) electrons. The Morgan fingerprint density at radius 2 is 1.55 bits per heavy atom. The zero-order chi connectivity index (χ0) is 15.2. The summed E-state index contributed by atoms with van der Waals surface area (Å²) in [5.41, 5.74) is -0.404. The Morgan fingerprint density at radius 3 is 1.95 bits per heavy atom. The maximum atomic E-state index is 12.4. The van der Waals surface area contributed by atoms with Crippen LogP contribution in [0.2, 0.25) is 0 Å². The topological polar surface area (TPSA) is 84.0 Å². The van der Waals surface area contributed by atoms with Gasteiger partial charge in [0.05, 0.1) is 12.4 Å². The van der Waals surface area contributed by atoms with Crippen LogP contribution < -0.4 is 10.0 Å². The van der Waals surface area contributed by atoms with E-state index in [0.29, 0.717) is 12.5 Å². The Morgan fingerprint density at radius 1 is 1.05 bits per heavy atom. The molecule has 0 fully saturated rings. The fourth-order valence-electron chi connectivity index (χ4n) is 2.01. The van der Waals surface area contributed by atoms with E-state index in [1.807, 2.05) is 27.7 Å². The minimum atomic E-state index is -3.59. The quantitative estimate of drug-likeness (QED) is 0.768. The zero-order valence-corrected chi connectivity index (χ0v) is 13.4. The molecule has 20 heavy (non-hydrogen) atoms. The smallest absolute Gasteiger partial charge is 0.244 e. The van der Waals surface area contributed by atoms with E-state index in [-0.39, 0.29) is 4.90 Å². The van der Waals surface area contributed by atoms with Crippen LogP contribution in [0.4, 0.5) is 5.95 Å². The molecule has 1 rings (SSSR count). The van der Waals surface area contributed by atoms with E-state index in [9.17, 15) is 8.42 Å². The summed E-state index contributed by atoms with van der Waals surface area (Å²) in [6, 6.07) is 0. The zero-order valence-electron chi connectivity index (χ0n) is 12.6. The number of hydrogen-bond donors (Lipinski definition) is 2. The SMILES string of the molecule is CCNc1ncc(S(=O)(=O)NC(CC)(CC)CC)cn1. The lowest BCUT2D eigenvalue weighted by atomic mass is 9.91. The van der Waals surface area contributed by atoms with Crippen LogP contribution >= 0.6 is 0 Å². The van der Waals surface area contributed by atoms with E-state index in [1.54, 1.807) is 0 Å². The second-order valence-corrected chi connectivity index (χ2v) is 6.40. The van der Waals surface area contributed by atoms with Gasteiger partial charge in [0, 0.05) is 12.1 Å². The van der Waals surface area contributed by atoms with Gasteiger partial charge in [-0.1, -0.05) is 20.8 Å². The third kappa shape index (κ3) is 3.89. The number of anilines is 1. The second kappa shape index (κ2) is 6.99. The second-order valence-electron chi connectivity index (χ2n) is 4.72. The molecule has 0 aliphatic heterocycles. The van der Waals surface area contributed by atoms with Crippen molar-refractivity contribution >= 4 is 16.0 Å². The number of hydrogen-bond acceptors (Lipinski definition) is 5. The molecule has 7 heteroatoms. The molecular formula is C13H24N4O2S. The number of nitrogens with one attached hydrogen (secondary N) is 2. The van der Waals surface area contributed by atoms with E-state index in [1.165, 1.54) is 12.4 Å². The van der Waals surface area contributed by atoms with Crippen LogP contribution in [0.15, 0.2) is 17.3 Å². The van der Waals surface area contributed by atoms with Gasteiger partial charge < -0.3 is 5.32 Å². The lowest BCUT2D eigenvalue weighted by Gasteiger charge is -2.31. The summed E-state index contributed by atoms with van der Waals surface area (Å²) in [5, 5.41) is 2.93. The minimum Gasteiger partial charge on any atom is -0.355 e. The maximum absolute atomic E-state index is 12.4. The molecule has 0 saturated carbocycles. The van der Waals surface area contributed by atoms with Gasteiger partial charge in [-0.2, -0.15) is 0 Å². The Balaban J connectivity index is 2.98. The summed E-state index contributed by atoms with van der Waals surface area (Å²) in [5.74, 6) is 0.430. The van der Waals surface area contributed by atoms with Gasteiger partial charge in [-0.15, -0.1) is 0 Å². The van der Waals surface area contributed by atoms with Crippen LogP contribution in [0.5, 0.6) is 0 Å². The molecule has 0 bridgehead atoms. The third-order valence-corrected chi connectivity index (χ3v) is 5.19. The Kier molecular flexibility index (Phi) is 5.88. The summed E-state index contributed by atoms with van der Waals surface area (Å²) in [7, 11) is -3.59. The Labute approximate surface area is 121 Å². The number of nitrogens with zero attached hydrogens (tertiary/aromatic N) is 2. The van der Waals surface area contributed by atoms with Crippen molar-refractivity contribution in [3.05, 3.63) is 12.4 Å². The molecule has 2 N–H and O–H groups in total. The van der Waals surface area contributed by atoms with Crippen molar-refractivity contribution in [1.82, 2.24) is 14.7 Å². The Bertz CT molecular complexity index is 501. The van der Waals surface area contributed by atoms with Gasteiger partial charge in [-0.05, 0) is 26.2 Å². The molecule has 0 spiro atoms. The van der Waals surface area contributed by atoms with Crippen LogP contribution in [0.25, 0.3) is 0 Å². The predicted molar refractivity (Wildman–Crippen MR) is 80.1 cm³/mol. The highest BCUT2D eigenvalue weighted by Gasteiger charge is 2.30. The molecule has 1 heterocycles. The van der Waals surface area contributed by atoms with E-state index < -0.39 is 15.6 Å². The fourth-order valence-corrected chi connectivity index (χ4v) is 3.52. The summed E-state index contributed by atoms with van der Waals surface area (Å²) in [6.45, 7) is 8.57. The molecule has 6 nitrogen and oxygen atoms in total. The van der Waals surface area contributed by atoms with Gasteiger partial charge >= 0.3 is 0 Å². The van der Waals surface area contributed by atoms with Crippen LogP contribution in [-0.4, -0.2) is 30.5 Å². The average molecular weight is 300 g/mol. The fraction of sp³-hybridized carbons (Fsp3) is 0.692.